The number of imide groups is 1. The number of fused-ring (bicyclic) bond motifs is 3. The van der Waals surface area contributed by atoms with E-state index in [0.29, 0.717) is 17.0 Å². The van der Waals surface area contributed by atoms with Gasteiger partial charge in [0.2, 0.25) is 11.8 Å². The van der Waals surface area contributed by atoms with E-state index in [1.54, 1.807) is 59.8 Å². The summed E-state index contributed by atoms with van der Waals surface area (Å²) in [5, 5.41) is 5.92. The van der Waals surface area contributed by atoms with Crippen LogP contribution in [0.4, 0.5) is 5.69 Å². The number of esters is 1. The summed E-state index contributed by atoms with van der Waals surface area (Å²) in [4.78, 5) is 52.6. The Morgan fingerprint density at radius 3 is 2.31 bits per heavy atom. The van der Waals surface area contributed by atoms with Gasteiger partial charge >= 0.3 is 5.97 Å². The van der Waals surface area contributed by atoms with Crippen LogP contribution in [0, 0.1) is 11.8 Å². The molecule has 32 heavy (non-hydrogen) atoms. The minimum absolute atomic E-state index is 0.247. The third kappa shape index (κ3) is 3.03. The Hall–Kier alpha value is -4.07. The second-order valence-corrected chi connectivity index (χ2v) is 7.85. The van der Waals surface area contributed by atoms with E-state index in [0.717, 1.165) is 4.90 Å². The van der Waals surface area contributed by atoms with Crippen LogP contribution in [-0.4, -0.2) is 46.9 Å². The van der Waals surface area contributed by atoms with Crippen molar-refractivity contribution in [3.63, 3.8) is 0 Å². The van der Waals surface area contributed by atoms with Gasteiger partial charge in [0.1, 0.15) is 11.8 Å². The second-order valence-electron chi connectivity index (χ2n) is 7.85. The van der Waals surface area contributed by atoms with E-state index in [-0.39, 0.29) is 11.7 Å². The molecule has 5 rings (SSSR count). The largest absolute Gasteiger partial charge is 0.427 e. The van der Waals surface area contributed by atoms with Gasteiger partial charge in [-0.1, -0.05) is 36.4 Å². The van der Waals surface area contributed by atoms with Gasteiger partial charge in [-0.25, -0.2) is 4.90 Å². The van der Waals surface area contributed by atoms with Gasteiger partial charge in [-0.2, -0.15) is 5.10 Å². The van der Waals surface area contributed by atoms with Crippen molar-refractivity contribution in [3.8, 4) is 5.75 Å². The lowest BCUT2D eigenvalue weighted by Crippen LogP contribution is -2.46. The number of rotatable bonds is 4. The van der Waals surface area contributed by atoms with E-state index < -0.39 is 35.8 Å². The molecule has 0 N–H and O–H groups in total. The summed E-state index contributed by atoms with van der Waals surface area (Å²) in [6.07, 6.45) is 5.09. The van der Waals surface area contributed by atoms with Gasteiger partial charge in [-0.05, 0) is 30.3 Å². The van der Waals surface area contributed by atoms with E-state index >= 15 is 0 Å². The van der Waals surface area contributed by atoms with Crippen LogP contribution in [0.2, 0.25) is 0 Å². The molecule has 8 heteroatoms. The molecule has 2 aromatic rings. The number of hydrazone groups is 1. The lowest BCUT2D eigenvalue weighted by atomic mass is 9.86. The molecule has 4 atom stereocenters. The van der Waals surface area contributed by atoms with Crippen LogP contribution in [0.15, 0.2) is 71.9 Å². The van der Waals surface area contributed by atoms with Gasteiger partial charge in [0.05, 0.1) is 23.6 Å². The molecule has 3 heterocycles. The lowest BCUT2D eigenvalue weighted by molar-refractivity contribution is -0.132. The normalized spacial score (nSPS) is 25.7. The number of Topliss-reactive ketones (excluding diaryl/α,β-unsaturated/α-hetero) is 1. The predicted octanol–water partition coefficient (Wildman–Crippen LogP) is 2.21. The van der Waals surface area contributed by atoms with Crippen molar-refractivity contribution < 1.29 is 23.9 Å². The number of benzene rings is 2. The maximum Gasteiger partial charge on any atom is 0.308 e. The topological polar surface area (TPSA) is 96.3 Å². The SMILES string of the molecule is CC(=O)Oc1ccc(N2C(=O)[C@@H]3[C@H](C2=O)[C@@H]2C=CC=NN2[C@@H]3C(=O)c2ccccc2)cc1. The summed E-state index contributed by atoms with van der Waals surface area (Å²) in [5.74, 6) is -2.78. The van der Waals surface area contributed by atoms with E-state index in [4.69, 9.17) is 4.74 Å². The van der Waals surface area contributed by atoms with E-state index in [9.17, 15) is 19.2 Å². The summed E-state index contributed by atoms with van der Waals surface area (Å²) in [5.41, 5.74) is 0.831. The van der Waals surface area contributed by atoms with Gasteiger partial charge in [0, 0.05) is 18.7 Å². The first-order chi connectivity index (χ1) is 15.5. The van der Waals surface area contributed by atoms with E-state index in [1.807, 2.05) is 6.07 Å². The van der Waals surface area contributed by atoms with Gasteiger partial charge in [-0.3, -0.25) is 24.2 Å². The Morgan fingerprint density at radius 2 is 1.62 bits per heavy atom. The Balaban J connectivity index is 1.52. The molecule has 0 saturated carbocycles. The molecule has 0 bridgehead atoms. The van der Waals surface area contributed by atoms with E-state index in [1.165, 1.54) is 19.1 Å². The summed E-state index contributed by atoms with van der Waals surface area (Å²) < 4.78 is 5.02. The molecule has 160 valence electrons. The maximum absolute atomic E-state index is 13.5. The zero-order valence-electron chi connectivity index (χ0n) is 17.1. The number of ketones is 1. The van der Waals surface area contributed by atoms with Gasteiger partial charge in [0.15, 0.2) is 5.78 Å². The monoisotopic (exact) mass is 429 g/mol. The van der Waals surface area contributed by atoms with Crippen LogP contribution in [-0.2, 0) is 14.4 Å². The predicted molar refractivity (Wildman–Crippen MR) is 115 cm³/mol. The number of nitrogens with zero attached hydrogens (tertiary/aromatic N) is 3. The summed E-state index contributed by atoms with van der Waals surface area (Å²) in [6, 6.07) is 13.5. The first kappa shape index (κ1) is 19.9. The van der Waals surface area contributed by atoms with Crippen LogP contribution >= 0.6 is 0 Å². The zero-order chi connectivity index (χ0) is 22.4. The highest BCUT2D eigenvalue weighted by molar-refractivity contribution is 6.24. The number of anilines is 1. The first-order valence-corrected chi connectivity index (χ1v) is 10.2. The number of allylic oxidation sites excluding steroid dienone is 1. The van der Waals surface area contributed by atoms with Crippen molar-refractivity contribution in [3.05, 3.63) is 72.3 Å². The van der Waals surface area contributed by atoms with Crippen molar-refractivity contribution in [2.45, 2.75) is 19.0 Å². The average molecular weight is 429 g/mol. The van der Waals surface area contributed by atoms with Crippen LogP contribution in [0.25, 0.3) is 0 Å². The van der Waals surface area contributed by atoms with Gasteiger partial charge < -0.3 is 4.74 Å². The Labute approximate surface area is 183 Å². The standard InChI is InChI=1S/C24H19N3O5/c1-14(28)32-17-11-9-16(10-12-17)26-23(30)19-18-8-5-13-25-27(18)21(20(19)24(26)31)22(29)15-6-3-2-4-7-15/h2-13,18-21H,1H3/t18-,19+,20+,21-/m0/s1. The molecule has 8 nitrogen and oxygen atoms in total. The number of carbonyl (C=O) groups is 4. The summed E-state index contributed by atoms with van der Waals surface area (Å²) in [6.45, 7) is 1.29. The van der Waals surface area contributed by atoms with Crippen LogP contribution in [0.1, 0.15) is 17.3 Å². The fraction of sp³-hybridized carbons (Fsp3) is 0.208. The minimum Gasteiger partial charge on any atom is -0.427 e. The zero-order valence-corrected chi connectivity index (χ0v) is 17.1. The van der Waals surface area contributed by atoms with Crippen molar-refractivity contribution >= 4 is 35.5 Å². The molecule has 0 aromatic heterocycles. The molecule has 2 amide bonds. The van der Waals surface area contributed by atoms with Crippen molar-refractivity contribution in [1.82, 2.24) is 5.01 Å². The second kappa shape index (κ2) is 7.56. The Kier molecular flexibility index (Phi) is 4.70. The number of amides is 2. The van der Waals surface area contributed by atoms with Crippen LogP contribution < -0.4 is 9.64 Å². The van der Waals surface area contributed by atoms with Crippen LogP contribution in [0.5, 0.6) is 5.75 Å². The molecule has 0 radical (unpaired) electrons. The molecule has 2 fully saturated rings. The summed E-state index contributed by atoms with van der Waals surface area (Å²) >= 11 is 0. The molecular formula is C24H19N3O5. The van der Waals surface area contributed by atoms with E-state index in [2.05, 4.69) is 5.10 Å². The quantitative estimate of drug-likeness (QED) is 0.320. The lowest BCUT2D eigenvalue weighted by Gasteiger charge is -2.30. The Bertz CT molecular complexity index is 1170. The number of ether oxygens (including phenoxy) is 1. The summed E-state index contributed by atoms with van der Waals surface area (Å²) in [7, 11) is 0. The molecule has 2 saturated heterocycles. The maximum atomic E-state index is 13.5. The highest BCUT2D eigenvalue weighted by Crippen LogP contribution is 2.46. The number of carbonyl (C=O) groups excluding carboxylic acids is 4. The van der Waals surface area contributed by atoms with Gasteiger partial charge in [0.25, 0.3) is 0 Å². The molecule has 3 aliphatic heterocycles. The smallest absolute Gasteiger partial charge is 0.308 e. The highest BCUT2D eigenvalue weighted by Gasteiger charge is 2.64. The molecule has 0 spiro atoms. The molecular weight excluding hydrogens is 410 g/mol. The third-order valence-corrected chi connectivity index (χ3v) is 5.97. The fourth-order valence-electron chi connectivity index (χ4n) is 4.69. The molecule has 3 aliphatic rings. The molecule has 0 aliphatic carbocycles. The van der Waals surface area contributed by atoms with Crippen LogP contribution in [0.3, 0.4) is 0 Å². The van der Waals surface area contributed by atoms with Gasteiger partial charge in [-0.15, -0.1) is 0 Å². The van der Waals surface area contributed by atoms with Crippen molar-refractivity contribution in [1.29, 1.82) is 0 Å². The molecule has 0 unspecified atom stereocenters. The molecule has 2 aromatic carbocycles. The Morgan fingerprint density at radius 1 is 0.938 bits per heavy atom. The fourth-order valence-corrected chi connectivity index (χ4v) is 4.69. The number of hydrogen-bond acceptors (Lipinski definition) is 7. The first-order valence-electron chi connectivity index (χ1n) is 10.2. The average Bonchev–Trinajstić information content (AvgIpc) is 3.27. The highest BCUT2D eigenvalue weighted by atomic mass is 16.5. The number of hydrogen-bond donors (Lipinski definition) is 0. The van der Waals surface area contributed by atoms with Crippen molar-refractivity contribution in [2.24, 2.45) is 16.9 Å². The van der Waals surface area contributed by atoms with Crippen molar-refractivity contribution in [2.75, 3.05) is 4.90 Å². The third-order valence-electron chi connectivity index (χ3n) is 5.97. The minimum atomic E-state index is -0.879.